The molecule has 0 saturated carbocycles. The molecule has 0 radical (unpaired) electrons. The lowest BCUT2D eigenvalue weighted by molar-refractivity contribution is 0.580. The Bertz CT molecular complexity index is 979. The minimum absolute atomic E-state index is 0.135. The minimum atomic E-state index is 0.135. The van der Waals surface area contributed by atoms with E-state index in [1.165, 1.54) is 0 Å². The molecule has 4 aromatic rings. The second-order valence-electron chi connectivity index (χ2n) is 5.33. The number of nitrogens with zero attached hydrogens (tertiary/aromatic N) is 6. The number of anilines is 3. The van der Waals surface area contributed by atoms with Gasteiger partial charge in [-0.1, -0.05) is 18.2 Å². The van der Waals surface area contributed by atoms with Crippen molar-refractivity contribution in [3.63, 3.8) is 0 Å². The molecule has 0 saturated heterocycles. The van der Waals surface area contributed by atoms with Gasteiger partial charge in [0.15, 0.2) is 5.76 Å². The molecule has 2 N–H and O–H groups in total. The number of hydrogen-bond acceptors (Lipinski definition) is 7. The summed E-state index contributed by atoms with van der Waals surface area (Å²) in [5.41, 5.74) is 7.50. The first-order valence-corrected chi connectivity index (χ1v) is 7.59. The van der Waals surface area contributed by atoms with E-state index in [1.807, 2.05) is 54.4 Å². The molecular weight excluding hydrogens is 318 g/mol. The lowest BCUT2D eigenvalue weighted by atomic mass is 10.3. The van der Waals surface area contributed by atoms with Gasteiger partial charge in [-0.05, 0) is 24.3 Å². The molecule has 4 rings (SSSR count). The molecule has 0 amide bonds. The van der Waals surface area contributed by atoms with Crippen LogP contribution in [0.1, 0.15) is 0 Å². The Morgan fingerprint density at radius 3 is 2.64 bits per heavy atom. The van der Waals surface area contributed by atoms with Crippen molar-refractivity contribution < 1.29 is 4.42 Å². The van der Waals surface area contributed by atoms with Crippen LogP contribution in [0.25, 0.3) is 17.4 Å². The number of furan rings is 1. The standard InChI is InChI=1S/C17H15N7O/c1-23(12-6-3-2-4-7-12)16-20-15(18)21-17(22-16)24-10-13(19-11-24)14-8-5-9-25-14/h2-11H,1H3,(H2,18,20,21,22). The van der Waals surface area contributed by atoms with Crippen molar-refractivity contribution in [2.75, 3.05) is 17.7 Å². The number of hydrogen-bond donors (Lipinski definition) is 1. The highest BCUT2D eigenvalue weighted by Gasteiger charge is 2.13. The van der Waals surface area contributed by atoms with E-state index in [9.17, 15) is 0 Å². The normalized spacial score (nSPS) is 10.8. The summed E-state index contributed by atoms with van der Waals surface area (Å²) in [7, 11) is 1.87. The number of aromatic nitrogens is 5. The lowest BCUT2D eigenvalue weighted by Gasteiger charge is -2.17. The van der Waals surface area contributed by atoms with Crippen LogP contribution in [-0.4, -0.2) is 31.6 Å². The zero-order valence-corrected chi connectivity index (χ0v) is 13.4. The zero-order chi connectivity index (χ0) is 17.2. The van der Waals surface area contributed by atoms with Crippen molar-refractivity contribution in [1.29, 1.82) is 0 Å². The first-order chi connectivity index (χ1) is 12.2. The highest BCUT2D eigenvalue weighted by Crippen LogP contribution is 2.22. The van der Waals surface area contributed by atoms with Gasteiger partial charge in [-0.2, -0.15) is 15.0 Å². The fourth-order valence-electron chi connectivity index (χ4n) is 2.39. The van der Waals surface area contributed by atoms with E-state index < -0.39 is 0 Å². The van der Waals surface area contributed by atoms with Crippen LogP contribution < -0.4 is 10.6 Å². The van der Waals surface area contributed by atoms with Crippen LogP contribution in [0.4, 0.5) is 17.6 Å². The Labute approximate surface area is 143 Å². The third-order valence-electron chi connectivity index (χ3n) is 3.66. The van der Waals surface area contributed by atoms with Crippen LogP contribution in [0.5, 0.6) is 0 Å². The second kappa shape index (κ2) is 6.08. The molecule has 8 nitrogen and oxygen atoms in total. The number of imidazole rings is 1. The summed E-state index contributed by atoms with van der Waals surface area (Å²) < 4.78 is 7.03. The van der Waals surface area contributed by atoms with Gasteiger partial charge in [0.1, 0.15) is 12.0 Å². The smallest absolute Gasteiger partial charge is 0.241 e. The lowest BCUT2D eigenvalue weighted by Crippen LogP contribution is -2.16. The monoisotopic (exact) mass is 333 g/mol. The molecule has 0 atom stereocenters. The average Bonchev–Trinajstić information content (AvgIpc) is 3.32. The van der Waals surface area contributed by atoms with Gasteiger partial charge in [0.25, 0.3) is 0 Å². The summed E-state index contributed by atoms with van der Waals surface area (Å²) in [6.07, 6.45) is 4.99. The van der Waals surface area contributed by atoms with Gasteiger partial charge in [0, 0.05) is 18.9 Å². The Kier molecular flexibility index (Phi) is 3.62. The molecule has 0 fully saturated rings. The second-order valence-corrected chi connectivity index (χ2v) is 5.33. The fraction of sp³-hybridized carbons (Fsp3) is 0.0588. The summed E-state index contributed by atoms with van der Waals surface area (Å²) in [6.45, 7) is 0. The number of nitrogens with two attached hydrogens (primary N) is 1. The van der Waals surface area contributed by atoms with Gasteiger partial charge in [0.2, 0.25) is 17.8 Å². The van der Waals surface area contributed by atoms with E-state index in [0.29, 0.717) is 23.4 Å². The van der Waals surface area contributed by atoms with Crippen LogP contribution >= 0.6 is 0 Å². The van der Waals surface area contributed by atoms with Gasteiger partial charge >= 0.3 is 0 Å². The molecule has 0 bridgehead atoms. The molecular formula is C17H15N7O. The molecule has 8 heteroatoms. The largest absolute Gasteiger partial charge is 0.463 e. The van der Waals surface area contributed by atoms with Crippen LogP contribution in [0.2, 0.25) is 0 Å². The van der Waals surface area contributed by atoms with Crippen molar-refractivity contribution in [3.05, 3.63) is 61.3 Å². The SMILES string of the molecule is CN(c1ccccc1)c1nc(N)nc(-n2cnc(-c3ccco3)c2)n1. The van der Waals surface area contributed by atoms with Crippen molar-refractivity contribution in [2.45, 2.75) is 0 Å². The van der Waals surface area contributed by atoms with E-state index in [0.717, 1.165) is 5.69 Å². The molecule has 0 spiro atoms. The first kappa shape index (κ1) is 14.9. The highest BCUT2D eigenvalue weighted by atomic mass is 16.3. The summed E-state index contributed by atoms with van der Waals surface area (Å²) >= 11 is 0. The number of benzene rings is 1. The third kappa shape index (κ3) is 2.92. The Morgan fingerprint density at radius 2 is 1.88 bits per heavy atom. The van der Waals surface area contributed by atoms with E-state index in [4.69, 9.17) is 10.2 Å². The molecule has 124 valence electrons. The van der Waals surface area contributed by atoms with Crippen LogP contribution in [0.3, 0.4) is 0 Å². The summed E-state index contributed by atoms with van der Waals surface area (Å²) in [4.78, 5) is 19.1. The van der Waals surface area contributed by atoms with Gasteiger partial charge in [-0.15, -0.1) is 0 Å². The molecule has 0 aliphatic carbocycles. The topological polar surface area (TPSA) is 98.9 Å². The number of rotatable bonds is 4. The maximum absolute atomic E-state index is 5.87. The van der Waals surface area contributed by atoms with Crippen LogP contribution in [0, 0.1) is 0 Å². The number of nitrogen functional groups attached to an aromatic ring is 1. The maximum atomic E-state index is 5.87. The maximum Gasteiger partial charge on any atom is 0.241 e. The van der Waals surface area contributed by atoms with Crippen LogP contribution in [-0.2, 0) is 0 Å². The minimum Gasteiger partial charge on any atom is -0.463 e. The summed E-state index contributed by atoms with van der Waals surface area (Å²) in [5.74, 6) is 1.64. The summed E-state index contributed by atoms with van der Waals surface area (Å²) in [6, 6.07) is 13.4. The Balaban J connectivity index is 1.71. The van der Waals surface area contributed by atoms with Crippen molar-refractivity contribution in [2.24, 2.45) is 0 Å². The number of para-hydroxylation sites is 1. The fourth-order valence-corrected chi connectivity index (χ4v) is 2.39. The van der Waals surface area contributed by atoms with Gasteiger partial charge in [-0.25, -0.2) is 4.98 Å². The quantitative estimate of drug-likeness (QED) is 0.613. The predicted octanol–water partition coefficient (Wildman–Crippen LogP) is 2.67. The van der Waals surface area contributed by atoms with E-state index >= 15 is 0 Å². The molecule has 3 aromatic heterocycles. The third-order valence-corrected chi connectivity index (χ3v) is 3.66. The molecule has 0 unspecified atom stereocenters. The molecule has 0 aliphatic rings. The van der Waals surface area contributed by atoms with Crippen molar-refractivity contribution >= 4 is 17.6 Å². The van der Waals surface area contributed by atoms with E-state index in [1.54, 1.807) is 23.4 Å². The first-order valence-electron chi connectivity index (χ1n) is 7.59. The van der Waals surface area contributed by atoms with E-state index in [-0.39, 0.29) is 5.95 Å². The molecule has 25 heavy (non-hydrogen) atoms. The van der Waals surface area contributed by atoms with Crippen LogP contribution in [0.15, 0.2) is 65.7 Å². The zero-order valence-electron chi connectivity index (χ0n) is 13.4. The molecule has 3 heterocycles. The van der Waals surface area contributed by atoms with E-state index in [2.05, 4.69) is 19.9 Å². The Hall–Kier alpha value is -3.68. The van der Waals surface area contributed by atoms with Crippen molar-refractivity contribution in [1.82, 2.24) is 24.5 Å². The average molecular weight is 333 g/mol. The summed E-state index contributed by atoms with van der Waals surface area (Å²) in [5, 5.41) is 0. The van der Waals surface area contributed by atoms with Gasteiger partial charge in [0.05, 0.1) is 6.26 Å². The highest BCUT2D eigenvalue weighted by molar-refractivity contribution is 5.57. The van der Waals surface area contributed by atoms with Gasteiger partial charge < -0.3 is 15.1 Å². The van der Waals surface area contributed by atoms with Crippen molar-refractivity contribution in [3.8, 4) is 17.4 Å². The molecule has 1 aromatic carbocycles. The predicted molar refractivity (Wildman–Crippen MR) is 93.6 cm³/mol. The molecule has 0 aliphatic heterocycles. The van der Waals surface area contributed by atoms with Gasteiger partial charge in [-0.3, -0.25) is 4.57 Å². The Morgan fingerprint density at radius 1 is 1.04 bits per heavy atom.